The van der Waals surface area contributed by atoms with Crippen LogP contribution in [0.15, 0.2) is 39.8 Å². The predicted molar refractivity (Wildman–Crippen MR) is 90.8 cm³/mol. The molecular weight excluding hydrogens is 367 g/mol. The summed E-state index contributed by atoms with van der Waals surface area (Å²) in [6.45, 7) is 4.00. The molecule has 0 bridgehead atoms. The molecule has 8 nitrogen and oxygen atoms in total. The molecule has 0 amide bonds. The Hall–Kier alpha value is -3.37. The third-order valence-corrected chi connectivity index (χ3v) is 3.10. The molecule has 11 heteroatoms. The van der Waals surface area contributed by atoms with E-state index in [1.165, 1.54) is 25.4 Å². The fourth-order valence-corrected chi connectivity index (χ4v) is 1.94. The van der Waals surface area contributed by atoms with Crippen LogP contribution in [0.4, 0.5) is 24.7 Å². The van der Waals surface area contributed by atoms with Crippen molar-refractivity contribution in [3.63, 3.8) is 0 Å². The van der Waals surface area contributed by atoms with Gasteiger partial charge in [-0.15, -0.1) is 0 Å². The van der Waals surface area contributed by atoms with Gasteiger partial charge in [-0.05, 0) is 24.3 Å². The lowest BCUT2D eigenvalue weighted by Gasteiger charge is -2.11. The van der Waals surface area contributed by atoms with Gasteiger partial charge in [-0.3, -0.25) is 9.51 Å². The van der Waals surface area contributed by atoms with Gasteiger partial charge in [0.1, 0.15) is 0 Å². The molecule has 3 rings (SSSR count). The summed E-state index contributed by atoms with van der Waals surface area (Å²) in [5.74, 6) is -0.507. The molecule has 2 aromatic heterocycles. The highest BCUT2D eigenvalue weighted by Gasteiger charge is 2.30. The fraction of sp³-hybridized carbons (Fsp3) is 0.250. The maximum absolute atomic E-state index is 12.6. The number of hydrogen-bond donors (Lipinski definition) is 2. The average Bonchev–Trinajstić information content (AvgIpc) is 3.09. The Balaban J connectivity index is 0.00000126. The number of methoxy groups -OCH3 is 1. The van der Waals surface area contributed by atoms with Crippen LogP contribution in [0.25, 0.3) is 11.5 Å². The molecule has 3 aromatic rings. The molecule has 0 fully saturated rings. The Morgan fingerprint density at radius 2 is 1.85 bits per heavy atom. The number of nitrogens with one attached hydrogen (secondary N) is 2. The van der Waals surface area contributed by atoms with Crippen molar-refractivity contribution in [2.24, 2.45) is 0 Å². The summed E-state index contributed by atoms with van der Waals surface area (Å²) in [6.07, 6.45) is -3.13. The van der Waals surface area contributed by atoms with Crippen LogP contribution in [0, 0.1) is 0 Å². The van der Waals surface area contributed by atoms with Crippen molar-refractivity contribution < 1.29 is 22.4 Å². The Labute approximate surface area is 151 Å². The monoisotopic (exact) mass is 383 g/mol. The molecule has 27 heavy (non-hydrogen) atoms. The van der Waals surface area contributed by atoms with Gasteiger partial charge in [-0.2, -0.15) is 13.2 Å². The van der Waals surface area contributed by atoms with E-state index in [0.717, 1.165) is 12.1 Å². The lowest BCUT2D eigenvalue weighted by atomic mass is 10.2. The Kier molecular flexibility index (Phi) is 6.16. The highest BCUT2D eigenvalue weighted by molar-refractivity contribution is 5.71. The second-order valence-electron chi connectivity index (χ2n) is 4.75. The van der Waals surface area contributed by atoms with E-state index in [4.69, 9.17) is 4.74 Å². The average molecular weight is 383 g/mol. The van der Waals surface area contributed by atoms with E-state index >= 15 is 0 Å². The third-order valence-electron chi connectivity index (χ3n) is 3.10. The van der Waals surface area contributed by atoms with Crippen LogP contribution < -0.4 is 15.8 Å². The van der Waals surface area contributed by atoms with Crippen LogP contribution in [0.1, 0.15) is 19.4 Å². The van der Waals surface area contributed by atoms with Crippen molar-refractivity contribution in [3.05, 3.63) is 46.6 Å². The summed E-state index contributed by atoms with van der Waals surface area (Å²) in [7, 11) is 1.38. The van der Waals surface area contributed by atoms with E-state index in [9.17, 15) is 18.0 Å². The van der Waals surface area contributed by atoms with Crippen molar-refractivity contribution >= 4 is 11.5 Å². The highest BCUT2D eigenvalue weighted by atomic mass is 19.4. The number of hydrogen-bond acceptors (Lipinski definition) is 7. The molecule has 0 atom stereocenters. The number of halogens is 3. The minimum Gasteiger partial charge on any atom is -0.480 e. The van der Waals surface area contributed by atoms with E-state index in [2.05, 4.69) is 29.9 Å². The normalized spacial score (nSPS) is 10.7. The molecule has 0 saturated carbocycles. The van der Waals surface area contributed by atoms with Crippen LogP contribution in [0.5, 0.6) is 5.88 Å². The lowest BCUT2D eigenvalue weighted by molar-refractivity contribution is -0.137. The first-order chi connectivity index (χ1) is 12.9. The van der Waals surface area contributed by atoms with Crippen LogP contribution >= 0.6 is 0 Å². The van der Waals surface area contributed by atoms with Gasteiger partial charge in [-0.1, -0.05) is 19.0 Å². The van der Waals surface area contributed by atoms with Gasteiger partial charge in [0, 0.05) is 5.69 Å². The minimum absolute atomic E-state index is 0.00851. The molecular formula is C16H16F3N5O3. The Bertz CT molecular complexity index is 935. The molecule has 0 saturated heterocycles. The molecule has 0 spiro atoms. The fourth-order valence-electron chi connectivity index (χ4n) is 1.94. The van der Waals surface area contributed by atoms with Crippen LogP contribution in [0.3, 0.4) is 0 Å². The van der Waals surface area contributed by atoms with Gasteiger partial charge in [0.25, 0.3) is 0 Å². The third kappa shape index (κ3) is 4.84. The topological polar surface area (TPSA) is 106 Å². The number of H-pyrrole nitrogens is 1. The van der Waals surface area contributed by atoms with E-state index < -0.39 is 17.5 Å². The summed E-state index contributed by atoms with van der Waals surface area (Å²) in [4.78, 5) is 21.6. The van der Waals surface area contributed by atoms with E-state index in [-0.39, 0.29) is 23.2 Å². The van der Waals surface area contributed by atoms with Gasteiger partial charge in [0.15, 0.2) is 11.5 Å². The minimum atomic E-state index is -4.43. The van der Waals surface area contributed by atoms with E-state index in [1.54, 1.807) is 0 Å². The zero-order valence-electron chi connectivity index (χ0n) is 14.6. The molecule has 1 aromatic carbocycles. The predicted octanol–water partition coefficient (Wildman–Crippen LogP) is 3.62. The molecule has 0 aliphatic rings. The summed E-state index contributed by atoms with van der Waals surface area (Å²) >= 11 is 0. The van der Waals surface area contributed by atoms with Crippen molar-refractivity contribution in [2.45, 2.75) is 20.0 Å². The van der Waals surface area contributed by atoms with Crippen molar-refractivity contribution in [1.82, 2.24) is 20.1 Å². The Morgan fingerprint density at radius 1 is 1.19 bits per heavy atom. The number of ether oxygens (including phenoxy) is 1. The maximum Gasteiger partial charge on any atom is 0.439 e. The first kappa shape index (κ1) is 19.9. The molecule has 2 heterocycles. The van der Waals surface area contributed by atoms with E-state index in [0.29, 0.717) is 5.69 Å². The number of alkyl halides is 3. The molecule has 2 N–H and O–H groups in total. The summed E-state index contributed by atoms with van der Waals surface area (Å²) < 4.78 is 47.2. The molecule has 0 aliphatic heterocycles. The quantitative estimate of drug-likeness (QED) is 0.709. The van der Waals surface area contributed by atoms with Gasteiger partial charge in [0.2, 0.25) is 11.7 Å². The van der Waals surface area contributed by atoms with Gasteiger partial charge >= 0.3 is 11.9 Å². The second-order valence-corrected chi connectivity index (χ2v) is 4.75. The first-order valence-electron chi connectivity index (χ1n) is 7.78. The Morgan fingerprint density at radius 3 is 2.37 bits per heavy atom. The van der Waals surface area contributed by atoms with Crippen molar-refractivity contribution in [3.8, 4) is 17.4 Å². The van der Waals surface area contributed by atoms with Crippen molar-refractivity contribution in [2.75, 3.05) is 12.4 Å². The zero-order valence-corrected chi connectivity index (χ0v) is 14.6. The molecule has 0 unspecified atom stereocenters. The number of benzene rings is 1. The maximum atomic E-state index is 12.6. The molecule has 144 valence electrons. The summed E-state index contributed by atoms with van der Waals surface area (Å²) in [5.41, 5.74) is -0.343. The second kappa shape index (κ2) is 8.34. The van der Waals surface area contributed by atoms with Gasteiger partial charge in [-0.25, -0.2) is 14.8 Å². The highest BCUT2D eigenvalue weighted by Crippen LogP contribution is 2.31. The largest absolute Gasteiger partial charge is 0.480 e. The number of aromatic amines is 1. The van der Waals surface area contributed by atoms with Gasteiger partial charge in [0.05, 0.1) is 18.9 Å². The smallest absolute Gasteiger partial charge is 0.439 e. The van der Waals surface area contributed by atoms with E-state index in [1.807, 2.05) is 13.8 Å². The number of nitrogens with zero attached hydrogens (tertiary/aromatic N) is 3. The standard InChI is InChI=1S/C14H10F3N5O3.C2H6/c1-24-9-6-18-11(10(20-9)12-21-13(23)25-22-12)19-8-4-2-7(3-5-8)14(15,16)17;1-2/h2-6H,1H3,(H,18,19)(H,21,22,23);1-2H3. The summed E-state index contributed by atoms with van der Waals surface area (Å²) in [5, 5.41) is 6.33. The van der Waals surface area contributed by atoms with Gasteiger partial charge < -0.3 is 10.1 Å². The number of anilines is 2. The lowest BCUT2D eigenvalue weighted by Crippen LogP contribution is -2.05. The zero-order chi connectivity index (χ0) is 20.0. The van der Waals surface area contributed by atoms with Crippen LogP contribution in [-0.4, -0.2) is 27.2 Å². The summed E-state index contributed by atoms with van der Waals surface area (Å²) in [6, 6.07) is 4.34. The van der Waals surface area contributed by atoms with Crippen LogP contribution in [-0.2, 0) is 6.18 Å². The SMILES string of the molecule is CC.COc1cnc(Nc2ccc(C(F)(F)F)cc2)c(-c2noc(=O)[nH]2)n1. The molecule has 0 aliphatic carbocycles. The van der Waals surface area contributed by atoms with Crippen molar-refractivity contribution in [1.29, 1.82) is 0 Å². The van der Waals surface area contributed by atoms with Crippen LogP contribution in [0.2, 0.25) is 0 Å². The number of aromatic nitrogens is 4. The number of rotatable bonds is 4. The molecule has 0 radical (unpaired) electrons. The first-order valence-corrected chi connectivity index (χ1v) is 7.78.